The molecule has 0 aliphatic carbocycles. The molecule has 0 spiro atoms. The van der Waals surface area contributed by atoms with Gasteiger partial charge < -0.3 is 20.4 Å². The Hall–Kier alpha value is -4.58. The Morgan fingerprint density at radius 2 is 1.65 bits per heavy atom. The van der Waals surface area contributed by atoms with Crippen molar-refractivity contribution in [1.29, 1.82) is 0 Å². The van der Waals surface area contributed by atoms with Gasteiger partial charge in [-0.15, -0.1) is 0 Å². The molecular formula is C28H24N4O2. The van der Waals surface area contributed by atoms with Crippen molar-refractivity contribution in [3.05, 3.63) is 102 Å². The van der Waals surface area contributed by atoms with Crippen LogP contribution >= 0.6 is 0 Å². The number of fused-ring (bicyclic) bond motifs is 1. The van der Waals surface area contributed by atoms with E-state index in [0.717, 1.165) is 45.1 Å². The summed E-state index contributed by atoms with van der Waals surface area (Å²) in [6.07, 6.45) is 0. The van der Waals surface area contributed by atoms with Gasteiger partial charge in [-0.05, 0) is 73.2 Å². The van der Waals surface area contributed by atoms with Gasteiger partial charge in [0.25, 0.3) is 5.91 Å². The summed E-state index contributed by atoms with van der Waals surface area (Å²) in [6, 6.07) is 28.8. The van der Waals surface area contributed by atoms with Gasteiger partial charge in [0, 0.05) is 22.5 Å². The lowest BCUT2D eigenvalue weighted by Crippen LogP contribution is -2.12. The van der Waals surface area contributed by atoms with Crippen LogP contribution < -0.4 is 15.4 Å². The quantitative estimate of drug-likeness (QED) is 0.275. The van der Waals surface area contributed by atoms with Crippen molar-refractivity contribution in [2.45, 2.75) is 6.92 Å². The minimum absolute atomic E-state index is 0.181. The number of aryl methyl sites for hydroxylation is 1. The molecule has 0 atom stereocenters. The van der Waals surface area contributed by atoms with Gasteiger partial charge in [0.2, 0.25) is 0 Å². The molecule has 5 aromatic rings. The summed E-state index contributed by atoms with van der Waals surface area (Å²) in [5.41, 5.74) is 6.85. The number of amides is 1. The standard InChI is InChI=1S/C28H24N4O2/c1-18-11-12-20(17-25(18)30-24-9-5-6-10-26(24)34-2)28(33)29-21-15-13-19(14-16-21)27-31-22-7-3-4-8-23(22)32-27/h3-17,30H,1-2H3,(H,29,33)(H,31,32). The molecule has 1 aromatic heterocycles. The van der Waals surface area contributed by atoms with E-state index in [1.54, 1.807) is 7.11 Å². The number of hydrogen-bond donors (Lipinski definition) is 3. The zero-order chi connectivity index (χ0) is 23.5. The van der Waals surface area contributed by atoms with Gasteiger partial charge in [0.15, 0.2) is 0 Å². The highest BCUT2D eigenvalue weighted by Crippen LogP contribution is 2.29. The summed E-state index contributed by atoms with van der Waals surface area (Å²) in [5.74, 6) is 1.35. The molecular weight excluding hydrogens is 424 g/mol. The zero-order valence-electron chi connectivity index (χ0n) is 18.9. The molecule has 6 nitrogen and oxygen atoms in total. The third-order valence-electron chi connectivity index (χ3n) is 5.68. The number of nitrogens with zero attached hydrogens (tertiary/aromatic N) is 1. The number of H-pyrrole nitrogens is 1. The Labute approximate surface area is 197 Å². The van der Waals surface area contributed by atoms with Crippen molar-refractivity contribution in [2.24, 2.45) is 0 Å². The third-order valence-corrected chi connectivity index (χ3v) is 5.68. The number of aromatic amines is 1. The monoisotopic (exact) mass is 448 g/mol. The number of anilines is 3. The molecule has 0 fully saturated rings. The van der Waals surface area contributed by atoms with Gasteiger partial charge in [-0.3, -0.25) is 4.79 Å². The third kappa shape index (κ3) is 4.34. The van der Waals surface area contributed by atoms with Crippen LogP contribution in [0.3, 0.4) is 0 Å². The predicted molar refractivity (Wildman–Crippen MR) is 137 cm³/mol. The Morgan fingerprint density at radius 3 is 2.44 bits per heavy atom. The molecule has 0 radical (unpaired) electrons. The minimum Gasteiger partial charge on any atom is -0.495 e. The van der Waals surface area contributed by atoms with Gasteiger partial charge >= 0.3 is 0 Å². The summed E-state index contributed by atoms with van der Waals surface area (Å²) < 4.78 is 5.42. The van der Waals surface area contributed by atoms with Crippen LogP contribution in [0, 0.1) is 6.92 Å². The number of ether oxygens (including phenoxy) is 1. The second kappa shape index (κ2) is 9.11. The number of carbonyl (C=O) groups excluding carboxylic acids is 1. The van der Waals surface area contributed by atoms with Crippen LogP contribution in [0.25, 0.3) is 22.4 Å². The van der Waals surface area contributed by atoms with Crippen LogP contribution in [0.2, 0.25) is 0 Å². The highest BCUT2D eigenvalue weighted by Gasteiger charge is 2.11. The molecule has 1 amide bonds. The van der Waals surface area contributed by atoms with Crippen LogP contribution in [-0.2, 0) is 0 Å². The molecule has 4 aromatic carbocycles. The predicted octanol–water partition coefficient (Wildman–Crippen LogP) is 6.54. The molecule has 6 heteroatoms. The van der Waals surface area contributed by atoms with Gasteiger partial charge in [-0.2, -0.15) is 0 Å². The van der Waals surface area contributed by atoms with Crippen molar-refractivity contribution in [2.75, 3.05) is 17.7 Å². The number of para-hydroxylation sites is 4. The van der Waals surface area contributed by atoms with Crippen LogP contribution in [0.1, 0.15) is 15.9 Å². The fraction of sp³-hybridized carbons (Fsp3) is 0.0714. The van der Waals surface area contributed by atoms with Crippen molar-refractivity contribution in [3.63, 3.8) is 0 Å². The van der Waals surface area contributed by atoms with Crippen LogP contribution in [-0.4, -0.2) is 23.0 Å². The maximum absolute atomic E-state index is 12.9. The van der Waals surface area contributed by atoms with Gasteiger partial charge in [-0.25, -0.2) is 4.98 Å². The maximum Gasteiger partial charge on any atom is 0.255 e. The average Bonchev–Trinajstić information content (AvgIpc) is 3.30. The van der Waals surface area contributed by atoms with E-state index in [-0.39, 0.29) is 5.91 Å². The molecule has 0 saturated carbocycles. The molecule has 0 aliphatic heterocycles. The Kier molecular flexibility index (Phi) is 5.70. The number of rotatable bonds is 6. The first-order chi connectivity index (χ1) is 16.6. The van der Waals surface area contributed by atoms with Gasteiger partial charge in [0.05, 0.1) is 23.8 Å². The van der Waals surface area contributed by atoms with E-state index in [0.29, 0.717) is 11.3 Å². The number of methoxy groups -OCH3 is 1. The summed E-state index contributed by atoms with van der Waals surface area (Å²) in [5, 5.41) is 6.35. The number of benzene rings is 4. The fourth-order valence-corrected chi connectivity index (χ4v) is 3.80. The highest BCUT2D eigenvalue weighted by molar-refractivity contribution is 6.05. The number of nitrogens with one attached hydrogen (secondary N) is 3. The van der Waals surface area contributed by atoms with E-state index in [9.17, 15) is 4.79 Å². The topological polar surface area (TPSA) is 79.0 Å². The van der Waals surface area contributed by atoms with Gasteiger partial charge in [-0.1, -0.05) is 30.3 Å². The molecule has 0 saturated heterocycles. The van der Waals surface area contributed by atoms with Crippen LogP contribution in [0.5, 0.6) is 5.75 Å². The number of imidazole rings is 1. The zero-order valence-corrected chi connectivity index (χ0v) is 18.9. The maximum atomic E-state index is 12.9. The first-order valence-electron chi connectivity index (χ1n) is 11.0. The van der Waals surface area contributed by atoms with Crippen molar-refractivity contribution in [1.82, 2.24) is 9.97 Å². The minimum atomic E-state index is -0.181. The molecule has 3 N–H and O–H groups in total. The van der Waals surface area contributed by atoms with Crippen molar-refractivity contribution in [3.8, 4) is 17.1 Å². The lowest BCUT2D eigenvalue weighted by molar-refractivity contribution is 0.102. The first-order valence-corrected chi connectivity index (χ1v) is 11.0. The number of aromatic nitrogens is 2. The molecule has 0 unspecified atom stereocenters. The van der Waals surface area contributed by atoms with Crippen molar-refractivity contribution >= 4 is 34.0 Å². The van der Waals surface area contributed by atoms with E-state index in [1.165, 1.54) is 0 Å². The molecule has 0 bridgehead atoms. The summed E-state index contributed by atoms with van der Waals surface area (Å²) >= 11 is 0. The number of carbonyl (C=O) groups is 1. The summed E-state index contributed by atoms with van der Waals surface area (Å²) in [7, 11) is 1.64. The van der Waals surface area contributed by atoms with E-state index in [2.05, 4.69) is 20.6 Å². The Balaban J connectivity index is 1.32. The van der Waals surface area contributed by atoms with Crippen LogP contribution in [0.4, 0.5) is 17.1 Å². The lowest BCUT2D eigenvalue weighted by atomic mass is 10.1. The summed E-state index contributed by atoms with van der Waals surface area (Å²) in [4.78, 5) is 20.9. The van der Waals surface area contributed by atoms with E-state index < -0.39 is 0 Å². The molecule has 0 aliphatic rings. The normalized spacial score (nSPS) is 10.8. The Morgan fingerprint density at radius 1 is 0.882 bits per heavy atom. The van der Waals surface area contributed by atoms with Crippen LogP contribution in [0.15, 0.2) is 91.0 Å². The van der Waals surface area contributed by atoms with E-state index in [1.807, 2.05) is 97.9 Å². The molecule has 1 heterocycles. The first kappa shape index (κ1) is 21.3. The second-order valence-electron chi connectivity index (χ2n) is 7.99. The molecule has 168 valence electrons. The van der Waals surface area contributed by atoms with Gasteiger partial charge in [0.1, 0.15) is 11.6 Å². The smallest absolute Gasteiger partial charge is 0.255 e. The second-order valence-corrected chi connectivity index (χ2v) is 7.99. The van der Waals surface area contributed by atoms with Crippen molar-refractivity contribution < 1.29 is 9.53 Å². The fourth-order valence-electron chi connectivity index (χ4n) is 3.80. The average molecular weight is 449 g/mol. The molecule has 5 rings (SSSR count). The lowest BCUT2D eigenvalue weighted by Gasteiger charge is -2.14. The summed E-state index contributed by atoms with van der Waals surface area (Å²) in [6.45, 7) is 2.00. The van der Waals surface area contributed by atoms with E-state index in [4.69, 9.17) is 4.74 Å². The Bertz CT molecular complexity index is 1440. The largest absolute Gasteiger partial charge is 0.495 e. The number of hydrogen-bond acceptors (Lipinski definition) is 4. The highest BCUT2D eigenvalue weighted by atomic mass is 16.5. The molecule has 34 heavy (non-hydrogen) atoms. The van der Waals surface area contributed by atoms with E-state index >= 15 is 0 Å². The SMILES string of the molecule is COc1ccccc1Nc1cc(C(=O)Nc2ccc(-c3nc4ccccc4[nH]3)cc2)ccc1C.